The van der Waals surface area contributed by atoms with Crippen molar-refractivity contribution in [2.24, 2.45) is 35.3 Å². The van der Waals surface area contributed by atoms with E-state index >= 15 is 0 Å². The van der Waals surface area contributed by atoms with Crippen molar-refractivity contribution in [1.82, 2.24) is 25.1 Å². The van der Waals surface area contributed by atoms with E-state index in [0.717, 1.165) is 16.9 Å². The number of carbonyl (C=O) groups is 7. The number of methoxy groups -OCH3 is 3. The van der Waals surface area contributed by atoms with Crippen LogP contribution in [-0.4, -0.2) is 199 Å². The van der Waals surface area contributed by atoms with Crippen molar-refractivity contribution in [1.29, 1.82) is 0 Å². The van der Waals surface area contributed by atoms with Crippen LogP contribution in [-0.2, 0) is 68.5 Å². The number of nitrogens with two attached hydrogens (primary N) is 1. The Bertz CT molecular complexity index is 2640. The highest BCUT2D eigenvalue weighted by molar-refractivity contribution is 6.39. The lowest BCUT2D eigenvalue weighted by Gasteiger charge is -2.42. The van der Waals surface area contributed by atoms with Gasteiger partial charge in [0, 0.05) is 122 Å². The molecule has 15 atom stereocenters. The van der Waals surface area contributed by atoms with Gasteiger partial charge in [0.25, 0.3) is 11.7 Å². The first-order valence-corrected chi connectivity index (χ1v) is 32.1. The summed E-state index contributed by atoms with van der Waals surface area (Å²) < 4.78 is 41.2. The number of carbonyl (C=O) groups excluding carboxylic acids is 7. The zero-order valence-electron chi connectivity index (χ0n) is 54.2. The Morgan fingerprint density at radius 1 is 0.843 bits per heavy atom. The van der Waals surface area contributed by atoms with Gasteiger partial charge in [0.05, 0.1) is 31.3 Å². The van der Waals surface area contributed by atoms with Crippen LogP contribution in [0.15, 0.2) is 60.0 Å². The Balaban J connectivity index is 1.15. The standard InChI is InChI=1S/C66H101N7O16/c1-11-30-86-31-24-57(75)71-26-28-72(29-27-71)64-68-38-48(39-69-64)40-70-65(81)88-53-23-21-47(35-56(53)84-9)34-50(67)55-37-52(74)43(4)33-45(6)59(77)60(85-10)58(76)44(5)32-41(2)17-13-12-14-18-42(3)54(83-8)36-49-22-20-46(7)66(82,89-49)61(78)62(79)73-25-16-15-19-51(73)63(80)87-55/h12-14,17-18,33,38-39,41,43-44,46-47,49-51,53-56,59-60,77,82H,11,15-16,19-32,34-37,40,67H2,1-10H3,(H,70,81)/b14-12+,17-13+,42-18+,45-33+/t41-,43-,44-,46-,47+,49+,50-,51+,53-,54+,55+,56-,59-,60+,66-/m1/s1. The van der Waals surface area contributed by atoms with E-state index in [1.165, 1.54) is 14.2 Å². The van der Waals surface area contributed by atoms with Crippen LogP contribution in [0.5, 0.6) is 0 Å². The van der Waals surface area contributed by atoms with Gasteiger partial charge in [-0.1, -0.05) is 71.1 Å². The lowest BCUT2D eigenvalue weighted by molar-refractivity contribution is -0.265. The van der Waals surface area contributed by atoms with E-state index in [1.54, 1.807) is 53.3 Å². The number of hydrogen-bond donors (Lipinski definition) is 4. The molecule has 23 nitrogen and oxygen atoms in total. The number of aliphatic hydroxyl groups excluding tert-OH is 1. The van der Waals surface area contributed by atoms with E-state index in [2.05, 4.69) is 15.3 Å². The van der Waals surface area contributed by atoms with Crippen molar-refractivity contribution in [3.05, 3.63) is 65.6 Å². The summed E-state index contributed by atoms with van der Waals surface area (Å²) >= 11 is 0. The molecular weight excluding hydrogens is 1150 g/mol. The van der Waals surface area contributed by atoms with Crippen LogP contribution < -0.4 is 16.0 Å². The van der Waals surface area contributed by atoms with Gasteiger partial charge in [-0.15, -0.1) is 0 Å². The molecule has 0 unspecified atom stereocenters. The van der Waals surface area contributed by atoms with Crippen molar-refractivity contribution in [3.63, 3.8) is 0 Å². The molecule has 89 heavy (non-hydrogen) atoms. The fraction of sp³-hybridized carbons (Fsp3) is 0.712. The van der Waals surface area contributed by atoms with E-state index in [0.29, 0.717) is 114 Å². The topological polar surface area (TPSA) is 298 Å². The molecule has 4 fully saturated rings. The molecule has 1 aromatic rings. The number of ether oxygens (including phenoxy) is 7. The molecule has 5 N–H and O–H groups in total. The van der Waals surface area contributed by atoms with E-state index in [-0.39, 0.29) is 62.3 Å². The summed E-state index contributed by atoms with van der Waals surface area (Å²) in [5, 5.41) is 26.5. The molecule has 23 heteroatoms. The molecule has 1 aromatic heterocycles. The van der Waals surface area contributed by atoms with Gasteiger partial charge in [-0.25, -0.2) is 19.6 Å². The number of aliphatic hydroxyl groups is 2. The van der Waals surface area contributed by atoms with Crippen LogP contribution in [0, 0.1) is 29.6 Å². The van der Waals surface area contributed by atoms with Crippen molar-refractivity contribution in [3.8, 4) is 0 Å². The van der Waals surface area contributed by atoms with Crippen LogP contribution >= 0.6 is 0 Å². The van der Waals surface area contributed by atoms with Crippen LogP contribution in [0.1, 0.15) is 144 Å². The number of piperidine rings is 1. The van der Waals surface area contributed by atoms with Gasteiger partial charge in [-0.2, -0.15) is 0 Å². The predicted molar refractivity (Wildman–Crippen MR) is 332 cm³/mol. The quantitative estimate of drug-likeness (QED) is 0.0671. The fourth-order valence-corrected chi connectivity index (χ4v) is 12.7. The Labute approximate surface area is 525 Å². The maximum absolute atomic E-state index is 14.7. The maximum Gasteiger partial charge on any atom is 0.407 e. The SMILES string of the molecule is CCCOCCC(=O)N1CCN(c2ncc(CNC(=O)O[C@@H]3CC[C@@H](C[C@@H](N)[C@@H]4CC(=O)[C@H](C)/C=C(\C)[C@@H](O)[C@@H](OC)C(=O)[C@H](C)C[C@H](C)/C=C/C=C/C=C(\C)[C@@H](OC)C[C@@H]5CC[C@@H](C)[C@@](O)(O5)C(=O)C(=O)N5CCCC[C@H]5C(=O)O4)C[C@H]3OC)cn2)CC1. The number of esters is 1. The Hall–Kier alpha value is -5.79. The molecule has 2 bridgehead atoms. The average molecular weight is 1250 g/mol. The second-order valence-electron chi connectivity index (χ2n) is 25.1. The number of anilines is 1. The number of nitrogens with zero attached hydrogens (tertiary/aromatic N) is 5. The van der Waals surface area contributed by atoms with Gasteiger partial charge in [0.15, 0.2) is 5.78 Å². The zero-order valence-corrected chi connectivity index (χ0v) is 54.2. The van der Waals surface area contributed by atoms with Crippen LogP contribution in [0.3, 0.4) is 0 Å². The summed E-state index contributed by atoms with van der Waals surface area (Å²) in [6.45, 7) is 16.0. The van der Waals surface area contributed by atoms with Crippen LogP contribution in [0.4, 0.5) is 10.7 Å². The number of nitrogens with one attached hydrogen (secondary N) is 1. The first kappa shape index (κ1) is 72.3. The summed E-state index contributed by atoms with van der Waals surface area (Å²) in [6.07, 6.45) is 12.8. The molecule has 5 aliphatic rings. The number of piperazine rings is 1. The monoisotopic (exact) mass is 1250 g/mol. The molecule has 0 spiro atoms. The van der Waals surface area contributed by atoms with Crippen LogP contribution in [0.25, 0.3) is 0 Å². The summed E-state index contributed by atoms with van der Waals surface area (Å²) in [4.78, 5) is 112. The zero-order chi connectivity index (χ0) is 65.0. The summed E-state index contributed by atoms with van der Waals surface area (Å²) in [5.74, 6) is -8.02. The molecule has 496 valence electrons. The van der Waals surface area contributed by atoms with E-state index in [1.807, 2.05) is 61.0 Å². The number of fused-ring (bicyclic) bond motifs is 3. The number of amides is 3. The van der Waals surface area contributed by atoms with Crippen molar-refractivity contribution in [2.75, 3.05) is 72.2 Å². The third-order valence-electron chi connectivity index (χ3n) is 18.3. The third-order valence-corrected chi connectivity index (χ3v) is 18.3. The maximum atomic E-state index is 14.7. The lowest BCUT2D eigenvalue weighted by Crippen LogP contribution is -2.61. The third kappa shape index (κ3) is 20.4. The normalized spacial score (nSPS) is 33.6. The lowest BCUT2D eigenvalue weighted by atomic mass is 9.80. The fourth-order valence-electron chi connectivity index (χ4n) is 12.7. The number of alkyl carbamates (subject to hydrolysis) is 1. The number of cyclic esters (lactones) is 1. The van der Waals surface area contributed by atoms with Crippen LogP contribution in [0.2, 0.25) is 0 Å². The van der Waals surface area contributed by atoms with Gasteiger partial charge in [-0.3, -0.25) is 24.0 Å². The molecule has 3 saturated heterocycles. The Morgan fingerprint density at radius 3 is 2.26 bits per heavy atom. The van der Waals surface area contributed by atoms with Crippen molar-refractivity contribution in [2.45, 2.75) is 206 Å². The van der Waals surface area contributed by atoms with Gasteiger partial charge < -0.3 is 69.1 Å². The number of ketones is 3. The van der Waals surface area contributed by atoms with Gasteiger partial charge in [0.2, 0.25) is 17.6 Å². The molecule has 0 aromatic carbocycles. The predicted octanol–water partition coefficient (Wildman–Crippen LogP) is 6.06. The number of rotatable bonds is 15. The minimum absolute atomic E-state index is 0.0160. The minimum Gasteiger partial charge on any atom is -0.459 e. The highest BCUT2D eigenvalue weighted by atomic mass is 16.6. The van der Waals surface area contributed by atoms with E-state index in [4.69, 9.17) is 38.9 Å². The molecular formula is C66H101N7O16. The van der Waals surface area contributed by atoms with Gasteiger partial charge in [-0.05, 0) is 107 Å². The molecule has 6 rings (SSSR count). The largest absolute Gasteiger partial charge is 0.459 e. The molecule has 4 aliphatic heterocycles. The molecule has 1 saturated carbocycles. The average Bonchev–Trinajstić information content (AvgIpc) is 3.70. The number of Topliss-reactive ketones (excluding diaryl/α,β-unsaturated/α-hetero) is 3. The van der Waals surface area contributed by atoms with E-state index in [9.17, 15) is 43.8 Å². The Kier molecular flexibility index (Phi) is 28.5. The minimum atomic E-state index is -2.49. The van der Waals surface area contributed by atoms with Gasteiger partial charge in [0.1, 0.15) is 36.2 Å². The molecule has 1 aliphatic carbocycles. The van der Waals surface area contributed by atoms with Gasteiger partial charge >= 0.3 is 12.1 Å². The molecule has 3 amide bonds. The smallest absolute Gasteiger partial charge is 0.407 e. The summed E-state index contributed by atoms with van der Waals surface area (Å²) in [6, 6.07) is -2.20. The van der Waals surface area contributed by atoms with E-state index < -0.39 is 108 Å². The highest BCUT2D eigenvalue weighted by Crippen LogP contribution is 2.38. The number of allylic oxidation sites excluding steroid dienone is 6. The van der Waals surface area contributed by atoms with Crippen molar-refractivity contribution < 1.29 is 76.9 Å². The summed E-state index contributed by atoms with van der Waals surface area (Å²) in [5.41, 5.74) is 8.87. The highest BCUT2D eigenvalue weighted by Gasteiger charge is 2.53. The van der Waals surface area contributed by atoms with Crippen molar-refractivity contribution >= 4 is 47.2 Å². The summed E-state index contributed by atoms with van der Waals surface area (Å²) in [7, 11) is 4.44. The first-order chi connectivity index (χ1) is 42.5. The second-order valence-corrected chi connectivity index (χ2v) is 25.1. The number of hydrogen-bond acceptors (Lipinski definition) is 20. The Morgan fingerprint density at radius 2 is 1.57 bits per heavy atom. The molecule has 0 radical (unpaired) electrons. The number of aromatic nitrogens is 2. The first-order valence-electron chi connectivity index (χ1n) is 32.1. The molecule has 5 heterocycles. The second kappa shape index (κ2) is 35.1.